The highest BCUT2D eigenvalue weighted by Crippen LogP contribution is 2.38. The number of nitro benzene ring substituents is 1. The lowest BCUT2D eigenvalue weighted by molar-refractivity contribution is -0.385. The average molecular weight is 343 g/mol. The highest BCUT2D eigenvalue weighted by Gasteiger charge is 2.43. The number of rotatable bonds is 4. The lowest BCUT2D eigenvalue weighted by atomic mass is 9.78. The molecule has 2 aliphatic heterocycles. The summed E-state index contributed by atoms with van der Waals surface area (Å²) >= 11 is 0. The molecular weight excluding hydrogens is 314 g/mol. The minimum absolute atomic E-state index is 0.225. The fourth-order valence-corrected chi connectivity index (χ4v) is 5.48. The standard InChI is InChI=1S/C20H29N3O2/c24-23(25)18-10-5-4-9-17(18)15-22-14-13-21-12-6-11-19(21)20(22)16-7-2-1-3-8-16/h4-5,9-10,16,19-20H,1-3,6-8,11-15H2/t19-,20-/m0/s1. The van der Waals surface area contributed by atoms with E-state index >= 15 is 0 Å². The van der Waals surface area contributed by atoms with Crippen LogP contribution in [0.5, 0.6) is 0 Å². The second kappa shape index (κ2) is 7.42. The highest BCUT2D eigenvalue weighted by molar-refractivity contribution is 5.39. The Morgan fingerprint density at radius 2 is 1.80 bits per heavy atom. The molecule has 1 aromatic rings. The molecule has 5 nitrogen and oxygen atoms in total. The van der Waals surface area contributed by atoms with Crippen molar-refractivity contribution in [3.8, 4) is 0 Å². The van der Waals surface area contributed by atoms with E-state index in [-0.39, 0.29) is 10.6 Å². The number of nitrogens with zero attached hydrogens (tertiary/aromatic N) is 3. The molecule has 136 valence electrons. The molecule has 0 unspecified atom stereocenters. The van der Waals surface area contributed by atoms with Crippen molar-refractivity contribution in [2.45, 2.75) is 63.6 Å². The Balaban J connectivity index is 1.59. The molecule has 1 saturated carbocycles. The van der Waals surface area contributed by atoms with Crippen molar-refractivity contribution in [2.24, 2.45) is 5.92 Å². The largest absolute Gasteiger partial charge is 0.298 e. The maximum atomic E-state index is 11.4. The molecule has 4 rings (SSSR count). The van der Waals surface area contributed by atoms with Crippen LogP contribution in [-0.4, -0.2) is 46.4 Å². The Kier molecular flexibility index (Phi) is 5.04. The molecule has 2 saturated heterocycles. The summed E-state index contributed by atoms with van der Waals surface area (Å²) in [6, 6.07) is 8.54. The van der Waals surface area contributed by atoms with Crippen LogP contribution in [0.2, 0.25) is 0 Å². The van der Waals surface area contributed by atoms with Crippen molar-refractivity contribution in [2.75, 3.05) is 19.6 Å². The molecule has 3 aliphatic rings. The van der Waals surface area contributed by atoms with Crippen LogP contribution in [0.4, 0.5) is 5.69 Å². The van der Waals surface area contributed by atoms with Gasteiger partial charge in [-0.05, 0) is 38.1 Å². The minimum atomic E-state index is -0.225. The van der Waals surface area contributed by atoms with Crippen molar-refractivity contribution >= 4 is 5.69 Å². The summed E-state index contributed by atoms with van der Waals surface area (Å²) in [7, 11) is 0. The van der Waals surface area contributed by atoms with Gasteiger partial charge in [-0.1, -0.05) is 37.5 Å². The van der Waals surface area contributed by atoms with E-state index in [2.05, 4.69) is 9.80 Å². The molecule has 1 aliphatic carbocycles. The Bertz CT molecular complexity index is 615. The number of benzene rings is 1. The predicted molar refractivity (Wildman–Crippen MR) is 98.5 cm³/mol. The second-order valence-corrected chi connectivity index (χ2v) is 7.99. The van der Waals surface area contributed by atoms with Crippen molar-refractivity contribution in [1.29, 1.82) is 0 Å². The van der Waals surface area contributed by atoms with Gasteiger partial charge in [-0.25, -0.2) is 0 Å². The monoisotopic (exact) mass is 343 g/mol. The third-order valence-corrected chi connectivity index (χ3v) is 6.60. The molecular formula is C20H29N3O2. The van der Waals surface area contributed by atoms with Crippen molar-refractivity contribution in [1.82, 2.24) is 9.80 Å². The third kappa shape index (κ3) is 3.44. The smallest absolute Gasteiger partial charge is 0.273 e. The Hall–Kier alpha value is -1.46. The zero-order chi connectivity index (χ0) is 17.2. The Labute approximate surface area is 150 Å². The lowest BCUT2D eigenvalue weighted by Gasteiger charge is -2.49. The van der Waals surface area contributed by atoms with Gasteiger partial charge in [0.25, 0.3) is 5.69 Å². The summed E-state index contributed by atoms with van der Waals surface area (Å²) in [5.41, 5.74) is 1.15. The first-order valence-electron chi connectivity index (χ1n) is 9.94. The van der Waals surface area contributed by atoms with E-state index in [0.29, 0.717) is 12.1 Å². The maximum Gasteiger partial charge on any atom is 0.273 e. The summed E-state index contributed by atoms with van der Waals surface area (Å²) in [5.74, 6) is 0.766. The summed E-state index contributed by atoms with van der Waals surface area (Å²) in [6.45, 7) is 4.13. The van der Waals surface area contributed by atoms with E-state index in [1.807, 2.05) is 12.1 Å². The third-order valence-electron chi connectivity index (χ3n) is 6.60. The number of hydrogen-bond donors (Lipinski definition) is 0. The SMILES string of the molecule is O=[N+]([O-])c1ccccc1CN1CCN2CCC[C@H]2[C@@H]1C1CCCCC1. The maximum absolute atomic E-state index is 11.4. The number of fused-ring (bicyclic) bond motifs is 1. The van der Waals surface area contributed by atoms with Gasteiger partial charge in [-0.3, -0.25) is 19.9 Å². The van der Waals surface area contributed by atoms with E-state index in [1.165, 1.54) is 51.5 Å². The van der Waals surface area contributed by atoms with Gasteiger partial charge in [0.15, 0.2) is 0 Å². The van der Waals surface area contributed by atoms with Crippen LogP contribution in [-0.2, 0) is 6.54 Å². The van der Waals surface area contributed by atoms with Crippen molar-refractivity contribution in [3.63, 3.8) is 0 Å². The molecule has 0 amide bonds. The molecule has 0 spiro atoms. The van der Waals surface area contributed by atoms with Gasteiger partial charge in [-0.15, -0.1) is 0 Å². The molecule has 3 fully saturated rings. The van der Waals surface area contributed by atoms with Crippen LogP contribution in [0.1, 0.15) is 50.5 Å². The van der Waals surface area contributed by atoms with E-state index in [4.69, 9.17) is 0 Å². The number of piperazine rings is 1. The first-order valence-corrected chi connectivity index (χ1v) is 9.94. The Morgan fingerprint density at radius 1 is 1.00 bits per heavy atom. The summed E-state index contributed by atoms with van der Waals surface area (Å²) in [4.78, 5) is 16.5. The first-order chi connectivity index (χ1) is 12.2. The number of nitro groups is 1. The van der Waals surface area contributed by atoms with Crippen molar-refractivity contribution < 1.29 is 4.92 Å². The van der Waals surface area contributed by atoms with Crippen LogP contribution >= 0.6 is 0 Å². The Morgan fingerprint density at radius 3 is 2.60 bits per heavy atom. The summed E-state index contributed by atoms with van der Waals surface area (Å²) in [5, 5.41) is 11.4. The molecule has 0 bridgehead atoms. The molecule has 25 heavy (non-hydrogen) atoms. The summed E-state index contributed by atoms with van der Waals surface area (Å²) in [6.07, 6.45) is 9.37. The van der Waals surface area contributed by atoms with Gasteiger partial charge in [0.2, 0.25) is 0 Å². The van der Waals surface area contributed by atoms with Crippen LogP contribution in [0.15, 0.2) is 24.3 Å². The van der Waals surface area contributed by atoms with E-state index in [0.717, 1.165) is 31.1 Å². The second-order valence-electron chi connectivity index (χ2n) is 7.99. The molecule has 0 radical (unpaired) electrons. The van der Waals surface area contributed by atoms with Gasteiger partial charge in [0.05, 0.1) is 4.92 Å². The van der Waals surface area contributed by atoms with Crippen LogP contribution in [0.25, 0.3) is 0 Å². The van der Waals surface area contributed by atoms with Gasteiger partial charge >= 0.3 is 0 Å². The average Bonchev–Trinajstić information content (AvgIpc) is 3.11. The van der Waals surface area contributed by atoms with Crippen LogP contribution in [0.3, 0.4) is 0 Å². The number of para-hydroxylation sites is 1. The zero-order valence-corrected chi connectivity index (χ0v) is 15.0. The van der Waals surface area contributed by atoms with Gasteiger partial charge in [0.1, 0.15) is 0 Å². The molecule has 5 heteroatoms. The zero-order valence-electron chi connectivity index (χ0n) is 15.0. The first kappa shape index (κ1) is 17.0. The van der Waals surface area contributed by atoms with Gasteiger partial charge in [-0.2, -0.15) is 0 Å². The molecule has 2 heterocycles. The molecule has 1 aromatic carbocycles. The van der Waals surface area contributed by atoms with E-state index in [9.17, 15) is 10.1 Å². The molecule has 0 N–H and O–H groups in total. The van der Waals surface area contributed by atoms with Crippen molar-refractivity contribution in [3.05, 3.63) is 39.9 Å². The minimum Gasteiger partial charge on any atom is -0.298 e. The van der Waals surface area contributed by atoms with Gasteiger partial charge < -0.3 is 0 Å². The summed E-state index contributed by atoms with van der Waals surface area (Å²) < 4.78 is 0. The normalized spacial score (nSPS) is 28.8. The molecule has 0 aromatic heterocycles. The lowest BCUT2D eigenvalue weighted by Crippen LogP contribution is -2.59. The van der Waals surface area contributed by atoms with E-state index < -0.39 is 0 Å². The van der Waals surface area contributed by atoms with E-state index in [1.54, 1.807) is 12.1 Å². The number of hydrogen-bond acceptors (Lipinski definition) is 4. The fourth-order valence-electron chi connectivity index (χ4n) is 5.48. The predicted octanol–water partition coefficient (Wildman–Crippen LogP) is 3.82. The highest BCUT2D eigenvalue weighted by atomic mass is 16.6. The van der Waals surface area contributed by atoms with Gasteiger partial charge in [0, 0.05) is 43.3 Å². The topological polar surface area (TPSA) is 49.6 Å². The quantitative estimate of drug-likeness (QED) is 0.616. The van der Waals surface area contributed by atoms with Crippen LogP contribution in [0, 0.1) is 16.0 Å². The fraction of sp³-hybridized carbons (Fsp3) is 0.700. The molecule has 2 atom stereocenters. The van der Waals surface area contributed by atoms with Crippen LogP contribution < -0.4 is 0 Å².